The van der Waals surface area contributed by atoms with E-state index in [9.17, 15) is 9.90 Å². The van der Waals surface area contributed by atoms with Crippen molar-refractivity contribution in [1.29, 1.82) is 0 Å². The van der Waals surface area contributed by atoms with E-state index in [1.807, 2.05) is 18.2 Å². The Hall–Kier alpha value is -2.77. The van der Waals surface area contributed by atoms with E-state index >= 15 is 0 Å². The van der Waals surface area contributed by atoms with Crippen LogP contribution in [0.1, 0.15) is 15.9 Å². The summed E-state index contributed by atoms with van der Waals surface area (Å²) in [6, 6.07) is 13.3. The highest BCUT2D eigenvalue weighted by Gasteiger charge is 2.11. The lowest BCUT2D eigenvalue weighted by molar-refractivity contribution is -0.255. The molecular weight excluding hydrogens is 348 g/mol. The van der Waals surface area contributed by atoms with E-state index < -0.39 is 5.97 Å². The van der Waals surface area contributed by atoms with Gasteiger partial charge in [-0.05, 0) is 35.5 Å². The van der Waals surface area contributed by atoms with Crippen molar-refractivity contribution in [1.82, 2.24) is 14.9 Å². The van der Waals surface area contributed by atoms with Gasteiger partial charge in [0.1, 0.15) is 0 Å². The summed E-state index contributed by atoms with van der Waals surface area (Å²) in [7, 11) is 0. The SMILES string of the molecule is O=C([O-])c1ccc(/C=N\n2c(-c3ccccc3Cl)n[nH]c2=S)cc1. The maximum absolute atomic E-state index is 10.7. The fraction of sp³-hybridized carbons (Fsp3) is 0. The van der Waals surface area contributed by atoms with E-state index in [0.29, 0.717) is 26.7 Å². The van der Waals surface area contributed by atoms with Gasteiger partial charge in [0.2, 0.25) is 4.77 Å². The van der Waals surface area contributed by atoms with E-state index in [4.69, 9.17) is 23.8 Å². The number of aromatic amines is 1. The van der Waals surface area contributed by atoms with Crippen LogP contribution in [-0.4, -0.2) is 27.1 Å². The van der Waals surface area contributed by atoms with Crippen molar-refractivity contribution < 1.29 is 9.90 Å². The molecule has 2 aromatic carbocycles. The van der Waals surface area contributed by atoms with Gasteiger partial charge < -0.3 is 9.90 Å². The Morgan fingerprint density at radius 1 is 1.25 bits per heavy atom. The molecule has 0 aliphatic heterocycles. The topological polar surface area (TPSA) is 86.1 Å². The Kier molecular flexibility index (Phi) is 4.54. The number of rotatable bonds is 4. The largest absolute Gasteiger partial charge is 0.545 e. The fourth-order valence-electron chi connectivity index (χ4n) is 2.05. The standard InChI is InChI=1S/C16H11ClN4O2S/c17-13-4-2-1-3-12(13)14-19-20-16(24)21(14)18-9-10-5-7-11(8-6-10)15(22)23/h1-9H,(H,20,24)(H,22,23)/p-1/b18-9-. The lowest BCUT2D eigenvalue weighted by Crippen LogP contribution is -2.21. The molecule has 0 fully saturated rings. The van der Waals surface area contributed by atoms with Crippen molar-refractivity contribution in [2.45, 2.75) is 0 Å². The number of carbonyl (C=O) groups excluding carboxylic acids is 1. The smallest absolute Gasteiger partial charge is 0.216 e. The van der Waals surface area contributed by atoms with Crippen molar-refractivity contribution in [2.75, 3.05) is 0 Å². The normalized spacial score (nSPS) is 11.0. The van der Waals surface area contributed by atoms with Crippen LogP contribution in [0.5, 0.6) is 0 Å². The molecule has 0 aliphatic rings. The molecule has 1 N–H and O–H groups in total. The Labute approximate surface area is 147 Å². The monoisotopic (exact) mass is 357 g/mol. The molecule has 8 heteroatoms. The zero-order valence-electron chi connectivity index (χ0n) is 12.1. The van der Waals surface area contributed by atoms with Crippen LogP contribution in [0, 0.1) is 4.77 Å². The third-order valence-electron chi connectivity index (χ3n) is 3.23. The van der Waals surface area contributed by atoms with Crippen molar-refractivity contribution in [3.8, 4) is 11.4 Å². The van der Waals surface area contributed by atoms with Crippen molar-refractivity contribution in [3.63, 3.8) is 0 Å². The number of benzene rings is 2. The zero-order valence-corrected chi connectivity index (χ0v) is 13.7. The molecule has 1 heterocycles. The lowest BCUT2D eigenvalue weighted by atomic mass is 10.1. The van der Waals surface area contributed by atoms with Crippen LogP contribution in [0.15, 0.2) is 53.6 Å². The molecule has 0 atom stereocenters. The van der Waals surface area contributed by atoms with Gasteiger partial charge in [0.25, 0.3) is 0 Å². The van der Waals surface area contributed by atoms with Crippen LogP contribution in [-0.2, 0) is 0 Å². The number of carbonyl (C=O) groups is 1. The maximum atomic E-state index is 10.7. The molecule has 0 saturated heterocycles. The first kappa shape index (κ1) is 16.1. The number of halogens is 1. The number of H-pyrrole nitrogens is 1. The second-order valence-electron chi connectivity index (χ2n) is 4.80. The summed E-state index contributed by atoms with van der Waals surface area (Å²) >= 11 is 11.4. The van der Waals surface area contributed by atoms with E-state index in [1.165, 1.54) is 16.8 Å². The van der Waals surface area contributed by atoms with Gasteiger partial charge in [0.05, 0.1) is 17.2 Å². The molecule has 0 unspecified atom stereocenters. The highest BCUT2D eigenvalue weighted by atomic mass is 35.5. The molecule has 0 bridgehead atoms. The summed E-state index contributed by atoms with van der Waals surface area (Å²) in [5, 5.41) is 22.4. The van der Waals surface area contributed by atoms with E-state index in [2.05, 4.69) is 15.3 Å². The van der Waals surface area contributed by atoms with E-state index in [-0.39, 0.29) is 5.56 Å². The van der Waals surface area contributed by atoms with Gasteiger partial charge in [-0.2, -0.15) is 14.9 Å². The summed E-state index contributed by atoms with van der Waals surface area (Å²) in [6.45, 7) is 0. The first-order valence-corrected chi connectivity index (χ1v) is 7.63. The zero-order chi connectivity index (χ0) is 17.1. The predicted octanol–water partition coefficient (Wildman–Crippen LogP) is 2.51. The minimum absolute atomic E-state index is 0.101. The van der Waals surface area contributed by atoms with E-state index in [1.54, 1.807) is 24.4 Å². The van der Waals surface area contributed by atoms with Gasteiger partial charge in [-0.1, -0.05) is 48.0 Å². The lowest BCUT2D eigenvalue weighted by Gasteiger charge is -2.03. The average Bonchev–Trinajstić information content (AvgIpc) is 2.94. The Bertz CT molecular complexity index is 976. The Balaban J connectivity index is 1.96. The number of aromatic nitrogens is 3. The van der Waals surface area contributed by atoms with Gasteiger partial charge in [0, 0.05) is 5.56 Å². The summed E-state index contributed by atoms with van der Waals surface area (Å²) in [5.41, 5.74) is 1.49. The Morgan fingerprint density at radius 2 is 1.96 bits per heavy atom. The van der Waals surface area contributed by atoms with Crippen molar-refractivity contribution >= 4 is 36.0 Å². The summed E-state index contributed by atoms with van der Waals surface area (Å²) < 4.78 is 1.76. The Morgan fingerprint density at radius 3 is 2.62 bits per heavy atom. The minimum Gasteiger partial charge on any atom is -0.545 e. The first-order chi connectivity index (χ1) is 11.6. The van der Waals surface area contributed by atoms with Crippen LogP contribution in [0.25, 0.3) is 11.4 Å². The van der Waals surface area contributed by atoms with Crippen LogP contribution in [0.2, 0.25) is 5.02 Å². The average molecular weight is 358 g/mol. The number of aromatic carboxylic acids is 1. The van der Waals surface area contributed by atoms with Crippen LogP contribution < -0.4 is 5.11 Å². The van der Waals surface area contributed by atoms with Crippen LogP contribution in [0.3, 0.4) is 0 Å². The molecule has 6 nitrogen and oxygen atoms in total. The number of hydrogen-bond acceptors (Lipinski definition) is 5. The van der Waals surface area contributed by atoms with Gasteiger partial charge in [-0.3, -0.25) is 0 Å². The number of nitrogens with one attached hydrogen (secondary N) is 1. The molecule has 0 spiro atoms. The quantitative estimate of drug-likeness (QED) is 0.574. The molecule has 3 aromatic rings. The number of carboxylic acids is 1. The molecule has 0 amide bonds. The summed E-state index contributed by atoms with van der Waals surface area (Å²) in [6.07, 6.45) is 1.55. The van der Waals surface area contributed by atoms with Gasteiger partial charge in [0.15, 0.2) is 5.82 Å². The highest BCUT2D eigenvalue weighted by molar-refractivity contribution is 7.71. The van der Waals surface area contributed by atoms with Gasteiger partial charge >= 0.3 is 0 Å². The van der Waals surface area contributed by atoms with E-state index in [0.717, 1.165) is 0 Å². The third-order valence-corrected chi connectivity index (χ3v) is 3.83. The molecule has 0 saturated carbocycles. The summed E-state index contributed by atoms with van der Waals surface area (Å²) in [5.74, 6) is -0.746. The number of carboxylic acid groups (broad SMARTS) is 1. The maximum Gasteiger partial charge on any atom is 0.216 e. The summed E-state index contributed by atoms with van der Waals surface area (Å²) in [4.78, 5) is 10.7. The first-order valence-electron chi connectivity index (χ1n) is 6.84. The second kappa shape index (κ2) is 6.77. The van der Waals surface area contributed by atoms with Gasteiger partial charge in [-0.15, -0.1) is 0 Å². The minimum atomic E-state index is -1.23. The molecule has 0 aliphatic carbocycles. The number of hydrogen-bond donors (Lipinski definition) is 1. The van der Waals surface area contributed by atoms with Crippen molar-refractivity contribution in [2.24, 2.45) is 5.10 Å². The van der Waals surface area contributed by atoms with Crippen LogP contribution in [0.4, 0.5) is 0 Å². The number of nitrogens with zero attached hydrogens (tertiary/aromatic N) is 3. The fourth-order valence-corrected chi connectivity index (χ4v) is 2.44. The predicted molar refractivity (Wildman–Crippen MR) is 91.6 cm³/mol. The van der Waals surface area contributed by atoms with Crippen LogP contribution >= 0.6 is 23.8 Å². The molecule has 1 aromatic heterocycles. The highest BCUT2D eigenvalue weighted by Crippen LogP contribution is 2.25. The molecule has 24 heavy (non-hydrogen) atoms. The van der Waals surface area contributed by atoms with Gasteiger partial charge in [-0.25, -0.2) is 5.10 Å². The second-order valence-corrected chi connectivity index (χ2v) is 5.59. The molecule has 0 radical (unpaired) electrons. The molecular formula is C16H10ClN4O2S-. The van der Waals surface area contributed by atoms with Crippen molar-refractivity contribution in [3.05, 3.63) is 69.5 Å². The molecule has 120 valence electrons. The third kappa shape index (κ3) is 3.27. The molecule has 3 rings (SSSR count).